The van der Waals surface area contributed by atoms with E-state index in [1.54, 1.807) is 44.4 Å². The van der Waals surface area contributed by atoms with Crippen LogP contribution in [0.15, 0.2) is 58.8 Å². The van der Waals surface area contributed by atoms with E-state index < -0.39 is 5.91 Å². The third-order valence-electron chi connectivity index (χ3n) is 5.33. The largest absolute Gasteiger partial charge is 0.493 e. The smallest absolute Gasteiger partial charge is 0.282 e. The molecule has 0 fully saturated rings. The minimum Gasteiger partial charge on any atom is -0.493 e. The summed E-state index contributed by atoms with van der Waals surface area (Å²) in [6.07, 6.45) is 3.91. The number of amides is 1. The van der Waals surface area contributed by atoms with Crippen molar-refractivity contribution in [3.8, 4) is 17.2 Å². The summed E-state index contributed by atoms with van der Waals surface area (Å²) in [6, 6.07) is 11.5. The highest BCUT2D eigenvalue weighted by Crippen LogP contribution is 2.30. The molecule has 0 unspecified atom stereocenters. The quantitative estimate of drug-likeness (QED) is 0.456. The highest BCUT2D eigenvalue weighted by molar-refractivity contribution is 6.32. The first-order valence-electron chi connectivity index (χ1n) is 11.0. The van der Waals surface area contributed by atoms with E-state index in [9.17, 15) is 4.79 Å². The number of hydrogen-bond donors (Lipinski definition) is 1. The minimum absolute atomic E-state index is 0.0637. The van der Waals surface area contributed by atoms with Gasteiger partial charge >= 0.3 is 0 Å². The molecule has 2 aliphatic heterocycles. The molecule has 2 aliphatic rings. The van der Waals surface area contributed by atoms with Crippen LogP contribution in [0.25, 0.3) is 6.08 Å². The van der Waals surface area contributed by atoms with Gasteiger partial charge < -0.3 is 19.0 Å². The van der Waals surface area contributed by atoms with Crippen molar-refractivity contribution in [3.63, 3.8) is 0 Å². The molecule has 0 radical (unpaired) electrons. The number of hydroxylamine groups is 2. The zero-order chi connectivity index (χ0) is 24.2. The fraction of sp³-hybridized carbons (Fsp3) is 0.269. The van der Waals surface area contributed by atoms with E-state index in [-0.39, 0.29) is 11.4 Å². The van der Waals surface area contributed by atoms with Crippen LogP contribution in [0, 0.1) is 19.3 Å². The second kappa shape index (κ2) is 9.82. The first kappa shape index (κ1) is 23.1. The lowest BCUT2D eigenvalue weighted by molar-refractivity contribution is -0.114. The number of fused-ring (bicyclic) bond motifs is 1. The third kappa shape index (κ3) is 4.96. The summed E-state index contributed by atoms with van der Waals surface area (Å²) in [7, 11) is 1.56. The van der Waals surface area contributed by atoms with Gasteiger partial charge in [0, 0.05) is 12.5 Å². The maximum atomic E-state index is 12.4. The van der Waals surface area contributed by atoms with Gasteiger partial charge in [0.2, 0.25) is 0 Å². The number of benzene rings is 2. The fourth-order valence-corrected chi connectivity index (χ4v) is 3.55. The summed E-state index contributed by atoms with van der Waals surface area (Å²) >= 11 is 0. The van der Waals surface area contributed by atoms with E-state index in [4.69, 9.17) is 24.5 Å². The SMILES string of the molecule is COc1cc(/C=C2/C(=N)N3OC(C)=CC3=NC2=O)ccc1OCCCOc1cc(C)ccc1C. The molecule has 8 heteroatoms. The summed E-state index contributed by atoms with van der Waals surface area (Å²) in [6.45, 7) is 6.80. The first-order valence-corrected chi connectivity index (χ1v) is 11.0. The molecule has 2 aromatic rings. The monoisotopic (exact) mass is 461 g/mol. The average Bonchev–Trinajstić information content (AvgIpc) is 3.19. The summed E-state index contributed by atoms with van der Waals surface area (Å²) in [5, 5.41) is 9.57. The molecule has 0 saturated carbocycles. The van der Waals surface area contributed by atoms with Gasteiger partial charge in [-0.25, -0.2) is 0 Å². The van der Waals surface area contributed by atoms with E-state index in [1.165, 1.54) is 5.06 Å². The Kier molecular flexibility index (Phi) is 6.67. The molecule has 0 atom stereocenters. The molecule has 0 saturated heterocycles. The number of carbonyl (C=O) groups excluding carboxylic acids is 1. The van der Waals surface area contributed by atoms with E-state index in [0.29, 0.717) is 48.3 Å². The summed E-state index contributed by atoms with van der Waals surface area (Å²) in [5.41, 5.74) is 3.07. The number of rotatable bonds is 8. The second-order valence-electron chi connectivity index (χ2n) is 8.05. The van der Waals surface area contributed by atoms with Crippen molar-refractivity contribution in [3.05, 3.63) is 70.5 Å². The van der Waals surface area contributed by atoms with Crippen LogP contribution in [0.4, 0.5) is 0 Å². The van der Waals surface area contributed by atoms with Crippen molar-refractivity contribution in [2.24, 2.45) is 4.99 Å². The molecule has 0 aromatic heterocycles. The van der Waals surface area contributed by atoms with Crippen LogP contribution >= 0.6 is 0 Å². The molecule has 1 N–H and O–H groups in total. The Morgan fingerprint density at radius 3 is 2.56 bits per heavy atom. The van der Waals surface area contributed by atoms with Gasteiger partial charge in [0.15, 0.2) is 23.2 Å². The first-order chi connectivity index (χ1) is 16.4. The predicted molar refractivity (Wildman–Crippen MR) is 129 cm³/mol. The lowest BCUT2D eigenvalue weighted by atomic mass is 10.1. The van der Waals surface area contributed by atoms with Gasteiger partial charge in [-0.2, -0.15) is 4.99 Å². The maximum absolute atomic E-state index is 12.4. The Balaban J connectivity index is 1.38. The number of nitrogens with zero attached hydrogens (tertiary/aromatic N) is 2. The molecule has 2 aromatic carbocycles. The Hall–Kier alpha value is -4.07. The molecule has 0 bridgehead atoms. The highest BCUT2D eigenvalue weighted by Gasteiger charge is 2.34. The number of aryl methyl sites for hydroxylation is 2. The number of allylic oxidation sites excluding steroid dienone is 1. The van der Waals surface area contributed by atoms with Crippen molar-refractivity contribution in [1.82, 2.24) is 5.06 Å². The zero-order valence-electron chi connectivity index (χ0n) is 19.7. The van der Waals surface area contributed by atoms with Crippen molar-refractivity contribution >= 4 is 23.7 Å². The van der Waals surface area contributed by atoms with Gasteiger partial charge in [-0.1, -0.05) is 18.2 Å². The number of methoxy groups -OCH3 is 1. The third-order valence-corrected chi connectivity index (χ3v) is 5.33. The predicted octanol–water partition coefficient (Wildman–Crippen LogP) is 4.61. The molecule has 4 rings (SSSR count). The average molecular weight is 462 g/mol. The van der Waals surface area contributed by atoms with Crippen LogP contribution in [0.5, 0.6) is 17.2 Å². The topological polar surface area (TPSA) is 93.4 Å². The van der Waals surface area contributed by atoms with E-state index >= 15 is 0 Å². The summed E-state index contributed by atoms with van der Waals surface area (Å²) in [5.74, 6) is 2.33. The zero-order valence-corrected chi connectivity index (χ0v) is 19.7. The Morgan fingerprint density at radius 1 is 1.03 bits per heavy atom. The molecule has 8 nitrogen and oxygen atoms in total. The highest BCUT2D eigenvalue weighted by atomic mass is 16.7. The normalized spacial score (nSPS) is 16.1. The van der Waals surface area contributed by atoms with Crippen molar-refractivity contribution < 1.29 is 23.8 Å². The lowest BCUT2D eigenvalue weighted by Crippen LogP contribution is -2.38. The van der Waals surface area contributed by atoms with E-state index in [1.807, 2.05) is 26.0 Å². The van der Waals surface area contributed by atoms with Gasteiger partial charge in [0.25, 0.3) is 5.91 Å². The number of nitrogens with one attached hydrogen (secondary N) is 1. The van der Waals surface area contributed by atoms with Crippen LogP contribution in [-0.2, 0) is 9.63 Å². The Labute approximate surface area is 198 Å². The number of aliphatic imine (C=N–C) groups is 1. The van der Waals surface area contributed by atoms with Crippen molar-refractivity contribution in [2.75, 3.05) is 20.3 Å². The number of ether oxygens (including phenoxy) is 3. The van der Waals surface area contributed by atoms with Crippen LogP contribution in [0.3, 0.4) is 0 Å². The molecular formula is C26H27N3O5. The van der Waals surface area contributed by atoms with E-state index in [2.05, 4.69) is 11.1 Å². The van der Waals surface area contributed by atoms with E-state index in [0.717, 1.165) is 16.9 Å². The fourth-order valence-electron chi connectivity index (χ4n) is 3.55. The van der Waals surface area contributed by atoms with Crippen LogP contribution < -0.4 is 14.2 Å². The van der Waals surface area contributed by atoms with Crippen LogP contribution in [0.2, 0.25) is 0 Å². The number of hydrogen-bond acceptors (Lipinski definition) is 6. The maximum Gasteiger partial charge on any atom is 0.282 e. The molecule has 0 spiro atoms. The van der Waals surface area contributed by atoms with Gasteiger partial charge in [-0.05, 0) is 61.7 Å². The van der Waals surface area contributed by atoms with Gasteiger partial charge in [0.05, 0.1) is 25.9 Å². The summed E-state index contributed by atoms with van der Waals surface area (Å²) in [4.78, 5) is 21.9. The van der Waals surface area contributed by atoms with Crippen LogP contribution in [0.1, 0.15) is 30.0 Å². The molecule has 34 heavy (non-hydrogen) atoms. The number of amidine groups is 2. The second-order valence-corrected chi connectivity index (χ2v) is 8.05. The van der Waals surface area contributed by atoms with Gasteiger partial charge in [-0.15, -0.1) is 5.06 Å². The molecule has 0 aliphatic carbocycles. The standard InChI is InChI=1S/C26H27N3O5/c1-16-6-7-17(2)22(12-16)33-11-5-10-32-21-9-8-19(15-23(21)31-4)14-20-25(27)29-24(28-26(20)30)13-18(3)34-29/h6-9,12-15,27H,5,10-11H2,1-4H3/b20-14-,27-25?. The minimum atomic E-state index is -0.492. The molecular weight excluding hydrogens is 434 g/mol. The van der Waals surface area contributed by atoms with Crippen LogP contribution in [-0.4, -0.2) is 43.0 Å². The number of carbonyl (C=O) groups is 1. The molecule has 2 heterocycles. The molecule has 176 valence electrons. The Bertz CT molecular complexity index is 1230. The lowest BCUT2D eigenvalue weighted by Gasteiger charge is -2.23. The van der Waals surface area contributed by atoms with Gasteiger partial charge in [0.1, 0.15) is 11.5 Å². The Morgan fingerprint density at radius 2 is 1.79 bits per heavy atom. The molecule has 1 amide bonds. The van der Waals surface area contributed by atoms with Gasteiger partial charge in [-0.3, -0.25) is 10.2 Å². The summed E-state index contributed by atoms with van der Waals surface area (Å²) < 4.78 is 17.2. The van der Waals surface area contributed by atoms with Crippen molar-refractivity contribution in [1.29, 1.82) is 5.41 Å². The van der Waals surface area contributed by atoms with Crippen molar-refractivity contribution in [2.45, 2.75) is 27.2 Å².